The predicted molar refractivity (Wildman–Crippen MR) is 107 cm³/mol. The Morgan fingerprint density at radius 3 is 2.37 bits per heavy atom. The van der Waals surface area contributed by atoms with Crippen molar-refractivity contribution < 1.29 is 13.2 Å². The van der Waals surface area contributed by atoms with E-state index in [4.69, 9.17) is 27.9 Å². The highest BCUT2D eigenvalue weighted by atomic mass is 35.5. The molecule has 9 heteroatoms. The number of halogens is 2. The first-order valence-electron chi connectivity index (χ1n) is 7.96. The average Bonchev–Trinajstić information content (AvgIpc) is 3.02. The van der Waals surface area contributed by atoms with Gasteiger partial charge in [0.15, 0.2) is 0 Å². The van der Waals surface area contributed by atoms with E-state index in [0.717, 1.165) is 5.82 Å². The molecule has 0 aliphatic rings. The summed E-state index contributed by atoms with van der Waals surface area (Å²) in [5.74, 6) is 1.08. The predicted octanol–water partition coefficient (Wildman–Crippen LogP) is 4.25. The summed E-state index contributed by atoms with van der Waals surface area (Å²) in [6, 6.07) is 11.5. The molecule has 6 nitrogen and oxygen atoms in total. The van der Waals surface area contributed by atoms with E-state index in [1.807, 2.05) is 17.8 Å². The van der Waals surface area contributed by atoms with E-state index in [1.54, 1.807) is 48.7 Å². The molecule has 0 spiro atoms. The second-order valence-electron chi connectivity index (χ2n) is 5.83. The quantitative estimate of drug-likeness (QED) is 0.613. The fourth-order valence-corrected chi connectivity index (χ4v) is 4.33. The topological polar surface area (TPSA) is 73.2 Å². The smallest absolute Gasteiger partial charge is 0.237 e. The molecule has 0 aliphatic heterocycles. The normalized spacial score (nSPS) is 11.4. The molecule has 0 atom stereocenters. The van der Waals surface area contributed by atoms with Crippen LogP contribution in [-0.4, -0.2) is 18.0 Å². The summed E-state index contributed by atoms with van der Waals surface area (Å²) in [5.41, 5.74) is 0.783. The zero-order valence-corrected chi connectivity index (χ0v) is 16.7. The Morgan fingerprint density at radius 1 is 1.11 bits per heavy atom. The van der Waals surface area contributed by atoms with Gasteiger partial charge in [-0.1, -0.05) is 29.3 Å². The minimum absolute atomic E-state index is 0.311. The number of rotatable bonds is 7. The molecule has 1 aromatic heterocycles. The summed E-state index contributed by atoms with van der Waals surface area (Å²) in [4.78, 5) is 4.18. The van der Waals surface area contributed by atoms with E-state index < -0.39 is 10.0 Å². The second kappa shape index (κ2) is 8.21. The van der Waals surface area contributed by atoms with E-state index in [2.05, 4.69) is 9.71 Å². The molecule has 2 aromatic carbocycles. The van der Waals surface area contributed by atoms with Gasteiger partial charge in [-0.2, -0.15) is 0 Å². The summed E-state index contributed by atoms with van der Waals surface area (Å²) in [6.45, 7) is 0.319. The highest BCUT2D eigenvalue weighted by molar-refractivity contribution is 7.91. The van der Waals surface area contributed by atoms with Crippen molar-refractivity contribution >= 4 is 38.9 Å². The van der Waals surface area contributed by atoms with Crippen LogP contribution in [0.2, 0.25) is 10.0 Å². The van der Waals surface area contributed by atoms with E-state index in [0.29, 0.717) is 33.7 Å². The van der Waals surface area contributed by atoms with Crippen LogP contribution in [0, 0.1) is 0 Å². The summed E-state index contributed by atoms with van der Waals surface area (Å²) in [5, 5.41) is 0.622. The number of nitrogens with one attached hydrogen (secondary N) is 1. The monoisotopic (exact) mass is 425 g/mol. The zero-order valence-electron chi connectivity index (χ0n) is 14.4. The number of anilines is 1. The third-order valence-electron chi connectivity index (χ3n) is 3.81. The van der Waals surface area contributed by atoms with Gasteiger partial charge in [-0.3, -0.25) is 4.72 Å². The molecule has 0 bridgehead atoms. The van der Waals surface area contributed by atoms with Crippen molar-refractivity contribution in [2.75, 3.05) is 4.72 Å². The Labute approximate surface area is 167 Å². The van der Waals surface area contributed by atoms with Crippen molar-refractivity contribution in [2.45, 2.75) is 12.4 Å². The van der Waals surface area contributed by atoms with Crippen LogP contribution in [0.15, 0.2) is 54.9 Å². The first-order valence-corrected chi connectivity index (χ1v) is 10.4. The minimum Gasteiger partial charge on any atom is -0.486 e. The maximum atomic E-state index is 12.4. The van der Waals surface area contributed by atoms with Gasteiger partial charge < -0.3 is 9.30 Å². The number of imidazole rings is 1. The van der Waals surface area contributed by atoms with E-state index in [-0.39, 0.29) is 5.75 Å². The fraction of sp³-hybridized carbons (Fsp3) is 0.167. The zero-order chi connectivity index (χ0) is 19.4. The van der Waals surface area contributed by atoms with Gasteiger partial charge in [-0.25, -0.2) is 13.4 Å². The Morgan fingerprint density at radius 2 is 1.78 bits per heavy atom. The van der Waals surface area contributed by atoms with Crippen molar-refractivity contribution in [2.24, 2.45) is 7.05 Å². The lowest BCUT2D eigenvalue weighted by Gasteiger charge is -2.11. The fourth-order valence-electron chi connectivity index (χ4n) is 2.38. The van der Waals surface area contributed by atoms with Gasteiger partial charge in [0.25, 0.3) is 0 Å². The molecular weight excluding hydrogens is 409 g/mol. The van der Waals surface area contributed by atoms with Crippen LogP contribution >= 0.6 is 23.2 Å². The highest BCUT2D eigenvalue weighted by Crippen LogP contribution is 2.27. The molecule has 1 heterocycles. The lowest BCUT2D eigenvalue weighted by atomic mass is 10.2. The highest BCUT2D eigenvalue weighted by Gasteiger charge is 2.16. The summed E-state index contributed by atoms with van der Waals surface area (Å²) in [6.07, 6.45) is 3.53. The van der Waals surface area contributed by atoms with Gasteiger partial charge in [0.1, 0.15) is 18.2 Å². The molecule has 27 heavy (non-hydrogen) atoms. The van der Waals surface area contributed by atoms with Crippen LogP contribution in [0.25, 0.3) is 0 Å². The van der Waals surface area contributed by atoms with Crippen molar-refractivity contribution in [1.29, 1.82) is 0 Å². The Hall–Kier alpha value is -2.22. The third-order valence-corrected chi connectivity index (χ3v) is 5.74. The van der Waals surface area contributed by atoms with Crippen molar-refractivity contribution in [3.63, 3.8) is 0 Å². The van der Waals surface area contributed by atoms with Crippen LogP contribution in [0.3, 0.4) is 0 Å². The largest absolute Gasteiger partial charge is 0.486 e. The summed E-state index contributed by atoms with van der Waals surface area (Å²) in [7, 11) is -1.79. The molecule has 3 rings (SSSR count). The summed E-state index contributed by atoms with van der Waals surface area (Å²) < 4.78 is 34.8. The molecule has 0 aliphatic carbocycles. The molecule has 0 unspecified atom stereocenters. The number of hydrogen-bond donors (Lipinski definition) is 1. The lowest BCUT2D eigenvalue weighted by molar-refractivity contribution is 0.292. The van der Waals surface area contributed by atoms with Gasteiger partial charge in [0.05, 0.1) is 5.75 Å². The first-order chi connectivity index (χ1) is 12.8. The van der Waals surface area contributed by atoms with Crippen LogP contribution in [-0.2, 0) is 29.4 Å². The van der Waals surface area contributed by atoms with Gasteiger partial charge in [-0.05, 0) is 36.4 Å². The molecule has 0 radical (unpaired) electrons. The number of benzene rings is 2. The number of aromatic nitrogens is 2. The van der Waals surface area contributed by atoms with Crippen LogP contribution < -0.4 is 9.46 Å². The number of ether oxygens (including phenoxy) is 1. The van der Waals surface area contributed by atoms with Crippen molar-refractivity contribution in [3.8, 4) is 5.75 Å². The van der Waals surface area contributed by atoms with Gasteiger partial charge in [0.2, 0.25) is 10.0 Å². The Bertz CT molecular complexity index is 1010. The number of aryl methyl sites for hydroxylation is 1. The Balaban J connectivity index is 1.64. The molecule has 3 aromatic rings. The van der Waals surface area contributed by atoms with E-state index >= 15 is 0 Å². The number of sulfonamides is 1. The molecule has 0 saturated heterocycles. The van der Waals surface area contributed by atoms with Gasteiger partial charge in [0, 0.05) is 40.7 Å². The standard InChI is InChI=1S/C18H17Cl2N3O3S/c1-23-10-9-21-18(23)11-26-14-7-5-13(6-8-14)22-27(24,25)12-15-16(19)3-2-4-17(15)20/h2-10,22H,11-12H2,1H3. The molecule has 0 saturated carbocycles. The lowest BCUT2D eigenvalue weighted by Crippen LogP contribution is -2.15. The number of nitrogens with zero attached hydrogens (tertiary/aromatic N) is 2. The molecule has 0 amide bonds. The average molecular weight is 426 g/mol. The number of hydrogen-bond acceptors (Lipinski definition) is 4. The van der Waals surface area contributed by atoms with Crippen LogP contribution in [0.5, 0.6) is 5.75 Å². The van der Waals surface area contributed by atoms with E-state index in [9.17, 15) is 8.42 Å². The maximum absolute atomic E-state index is 12.4. The van der Waals surface area contributed by atoms with E-state index in [1.165, 1.54) is 0 Å². The molecule has 0 fully saturated rings. The molecule has 1 N–H and O–H groups in total. The second-order valence-corrected chi connectivity index (χ2v) is 8.37. The van der Waals surface area contributed by atoms with Crippen LogP contribution in [0.4, 0.5) is 5.69 Å². The van der Waals surface area contributed by atoms with Gasteiger partial charge in [-0.15, -0.1) is 0 Å². The third kappa shape index (κ3) is 5.15. The van der Waals surface area contributed by atoms with Crippen LogP contribution in [0.1, 0.15) is 11.4 Å². The molecule has 142 valence electrons. The van der Waals surface area contributed by atoms with Crippen molar-refractivity contribution in [3.05, 3.63) is 76.3 Å². The van der Waals surface area contributed by atoms with Gasteiger partial charge >= 0.3 is 0 Å². The summed E-state index contributed by atoms with van der Waals surface area (Å²) >= 11 is 12.1. The van der Waals surface area contributed by atoms with Crippen molar-refractivity contribution in [1.82, 2.24) is 9.55 Å². The maximum Gasteiger partial charge on any atom is 0.237 e. The molecular formula is C18H17Cl2N3O3S. The Kier molecular flexibility index (Phi) is 5.94. The SMILES string of the molecule is Cn1ccnc1COc1ccc(NS(=O)(=O)Cc2c(Cl)cccc2Cl)cc1. The minimum atomic E-state index is -3.67. The first kappa shape index (κ1) is 19.5.